The Labute approximate surface area is 191 Å². The van der Waals surface area contributed by atoms with Crippen LogP contribution < -0.4 is 19.3 Å². The van der Waals surface area contributed by atoms with E-state index in [4.69, 9.17) is 9.47 Å². The second-order valence-corrected chi connectivity index (χ2v) is 8.31. The molecule has 32 heavy (non-hydrogen) atoms. The Bertz CT molecular complexity index is 1150. The van der Waals surface area contributed by atoms with Crippen molar-refractivity contribution in [2.75, 3.05) is 37.6 Å². The van der Waals surface area contributed by atoms with E-state index in [2.05, 4.69) is 11.1 Å². The van der Waals surface area contributed by atoms with Crippen LogP contribution in [0.3, 0.4) is 0 Å². The molecular formula is C24H25N3O4S. The Kier molecular flexibility index (Phi) is 6.14. The van der Waals surface area contributed by atoms with Crippen molar-refractivity contribution >= 4 is 34.0 Å². The fourth-order valence-electron chi connectivity index (χ4n) is 3.77. The number of hydrogen-bond donors (Lipinski definition) is 0. The molecule has 0 unspecified atom stereocenters. The first-order chi connectivity index (χ1) is 15.4. The minimum atomic E-state index is -0.203. The highest BCUT2D eigenvalue weighted by Crippen LogP contribution is 2.34. The Morgan fingerprint density at radius 1 is 1.12 bits per heavy atom. The second-order valence-electron chi connectivity index (χ2n) is 7.47. The number of hydrogen-bond acceptors (Lipinski definition) is 6. The van der Waals surface area contributed by atoms with Gasteiger partial charge < -0.3 is 14.4 Å². The summed E-state index contributed by atoms with van der Waals surface area (Å²) in [5, 5.41) is 2.53. The molecule has 0 fully saturated rings. The maximum Gasteiger partial charge on any atom is 0.260 e. The number of rotatable bonds is 6. The molecule has 4 rings (SSSR count). The van der Waals surface area contributed by atoms with Crippen LogP contribution in [0, 0.1) is 0 Å². The van der Waals surface area contributed by atoms with E-state index in [1.165, 1.54) is 16.2 Å². The van der Waals surface area contributed by atoms with E-state index in [-0.39, 0.29) is 11.8 Å². The first-order valence-corrected chi connectivity index (χ1v) is 11.2. The molecule has 1 aromatic heterocycles. The Morgan fingerprint density at radius 3 is 2.50 bits per heavy atom. The minimum absolute atomic E-state index is 0.141. The predicted octanol–water partition coefficient (Wildman–Crippen LogP) is 4.40. The van der Waals surface area contributed by atoms with Gasteiger partial charge >= 0.3 is 0 Å². The molecule has 0 atom stereocenters. The van der Waals surface area contributed by atoms with Crippen LogP contribution in [0.2, 0.25) is 0 Å². The second kappa shape index (κ2) is 9.00. The van der Waals surface area contributed by atoms with Crippen molar-refractivity contribution in [1.82, 2.24) is 4.98 Å². The number of ether oxygens (including phenoxy) is 2. The van der Waals surface area contributed by atoms with E-state index in [0.717, 1.165) is 35.5 Å². The quantitative estimate of drug-likeness (QED) is 0.555. The molecule has 2 aromatic carbocycles. The molecule has 0 radical (unpaired) electrons. The van der Waals surface area contributed by atoms with Crippen LogP contribution >= 0.6 is 11.3 Å². The lowest BCUT2D eigenvalue weighted by molar-refractivity contribution is -0.118. The molecule has 0 bridgehead atoms. The summed E-state index contributed by atoms with van der Waals surface area (Å²) in [6.45, 7) is 2.60. The van der Waals surface area contributed by atoms with Crippen molar-refractivity contribution in [1.29, 1.82) is 0 Å². The lowest BCUT2D eigenvalue weighted by Crippen LogP contribution is -2.27. The third-order valence-electron chi connectivity index (χ3n) is 5.56. The van der Waals surface area contributed by atoms with Gasteiger partial charge in [0.05, 0.1) is 19.9 Å². The van der Waals surface area contributed by atoms with Gasteiger partial charge in [-0.1, -0.05) is 13.0 Å². The lowest BCUT2D eigenvalue weighted by Gasteiger charge is -2.16. The molecule has 166 valence electrons. The average molecular weight is 452 g/mol. The van der Waals surface area contributed by atoms with Gasteiger partial charge in [-0.05, 0) is 36.2 Å². The molecule has 0 saturated heterocycles. The van der Waals surface area contributed by atoms with E-state index in [9.17, 15) is 9.59 Å². The summed E-state index contributed by atoms with van der Waals surface area (Å²) >= 11 is 1.40. The van der Waals surface area contributed by atoms with Crippen LogP contribution in [0.1, 0.15) is 29.3 Å². The van der Waals surface area contributed by atoms with Crippen molar-refractivity contribution in [3.8, 4) is 22.8 Å². The van der Waals surface area contributed by atoms with Crippen LogP contribution in [0.15, 0.2) is 41.8 Å². The summed E-state index contributed by atoms with van der Waals surface area (Å²) in [5.74, 6) is 1.04. The van der Waals surface area contributed by atoms with E-state index in [1.54, 1.807) is 39.5 Å². The van der Waals surface area contributed by atoms with Gasteiger partial charge in [-0.2, -0.15) is 0 Å². The maximum atomic E-state index is 13.1. The molecule has 8 heteroatoms. The Balaban J connectivity index is 1.57. The van der Waals surface area contributed by atoms with Gasteiger partial charge in [0.1, 0.15) is 11.5 Å². The molecule has 2 amide bonds. The minimum Gasteiger partial charge on any atom is -0.497 e. The molecule has 3 aromatic rings. The largest absolute Gasteiger partial charge is 0.497 e. The average Bonchev–Trinajstić information content (AvgIpc) is 3.49. The maximum absolute atomic E-state index is 13.1. The smallest absolute Gasteiger partial charge is 0.260 e. The number of methoxy groups -OCH3 is 2. The molecule has 7 nitrogen and oxygen atoms in total. The number of aromatic nitrogens is 1. The SMILES string of the molecule is CCC(=O)N1CCc2cc(-c3csc(N(C)C(=O)c4cc(OC)cc(OC)c4)n3)ccc21. The molecule has 0 spiro atoms. The number of thiazole rings is 1. The van der Waals surface area contributed by atoms with E-state index in [1.807, 2.05) is 29.3 Å². The highest BCUT2D eigenvalue weighted by atomic mass is 32.1. The first kappa shape index (κ1) is 21.8. The fourth-order valence-corrected chi connectivity index (χ4v) is 4.57. The van der Waals surface area contributed by atoms with Crippen LogP contribution in [0.5, 0.6) is 11.5 Å². The number of amides is 2. The lowest BCUT2D eigenvalue weighted by atomic mass is 10.1. The van der Waals surface area contributed by atoms with Crippen LogP contribution in [0.4, 0.5) is 10.8 Å². The van der Waals surface area contributed by atoms with Crippen LogP contribution in [-0.4, -0.2) is 44.6 Å². The van der Waals surface area contributed by atoms with Gasteiger partial charge in [0.25, 0.3) is 5.91 Å². The zero-order valence-electron chi connectivity index (χ0n) is 18.5. The normalized spacial score (nSPS) is 12.4. The predicted molar refractivity (Wildman–Crippen MR) is 126 cm³/mol. The summed E-state index contributed by atoms with van der Waals surface area (Å²) in [6.07, 6.45) is 1.33. The third kappa shape index (κ3) is 4.05. The van der Waals surface area contributed by atoms with Crippen molar-refractivity contribution in [3.05, 3.63) is 52.9 Å². The molecule has 0 N–H and O–H groups in total. The highest BCUT2D eigenvalue weighted by Gasteiger charge is 2.24. The summed E-state index contributed by atoms with van der Waals surface area (Å²) < 4.78 is 10.5. The zero-order valence-corrected chi connectivity index (χ0v) is 19.4. The molecule has 0 saturated carbocycles. The number of fused-ring (bicyclic) bond motifs is 1. The van der Waals surface area contributed by atoms with Gasteiger partial charge in [-0.15, -0.1) is 11.3 Å². The van der Waals surface area contributed by atoms with Gasteiger partial charge in [0, 0.05) is 48.3 Å². The number of nitrogens with zero attached hydrogens (tertiary/aromatic N) is 3. The number of carbonyl (C=O) groups is 2. The van der Waals surface area contributed by atoms with E-state index >= 15 is 0 Å². The highest BCUT2D eigenvalue weighted by molar-refractivity contribution is 7.14. The van der Waals surface area contributed by atoms with Gasteiger partial charge in [-0.25, -0.2) is 4.98 Å². The van der Waals surface area contributed by atoms with Gasteiger partial charge in [0.2, 0.25) is 5.91 Å². The van der Waals surface area contributed by atoms with Crippen molar-refractivity contribution in [3.63, 3.8) is 0 Å². The monoisotopic (exact) mass is 451 g/mol. The van der Waals surface area contributed by atoms with Crippen molar-refractivity contribution < 1.29 is 19.1 Å². The van der Waals surface area contributed by atoms with E-state index < -0.39 is 0 Å². The topological polar surface area (TPSA) is 72.0 Å². The van der Waals surface area contributed by atoms with Gasteiger partial charge in [-0.3, -0.25) is 14.5 Å². The van der Waals surface area contributed by atoms with Crippen LogP contribution in [0.25, 0.3) is 11.3 Å². The zero-order chi connectivity index (χ0) is 22.8. The fraction of sp³-hybridized carbons (Fsp3) is 0.292. The first-order valence-electron chi connectivity index (χ1n) is 10.4. The number of carbonyl (C=O) groups excluding carboxylic acids is 2. The molecule has 1 aliphatic rings. The Morgan fingerprint density at radius 2 is 1.84 bits per heavy atom. The van der Waals surface area contributed by atoms with Gasteiger partial charge in [0.15, 0.2) is 5.13 Å². The van der Waals surface area contributed by atoms with E-state index in [0.29, 0.717) is 28.6 Å². The summed E-state index contributed by atoms with van der Waals surface area (Å²) in [6, 6.07) is 11.1. The standard InChI is InChI=1S/C24H25N3O4S/c1-5-22(28)27-9-8-16-10-15(6-7-21(16)27)20-14-32-24(25-20)26(2)23(29)17-11-18(30-3)13-19(12-17)31-4/h6-7,10-14H,5,8-9H2,1-4H3. The molecular weight excluding hydrogens is 426 g/mol. The molecule has 2 heterocycles. The Hall–Kier alpha value is -3.39. The van der Waals surface area contributed by atoms with Crippen LogP contribution in [-0.2, 0) is 11.2 Å². The number of anilines is 2. The third-order valence-corrected chi connectivity index (χ3v) is 6.47. The molecule has 0 aliphatic carbocycles. The summed E-state index contributed by atoms with van der Waals surface area (Å²) in [5.41, 5.74) is 4.36. The summed E-state index contributed by atoms with van der Waals surface area (Å²) in [4.78, 5) is 33.2. The number of benzene rings is 2. The molecule has 1 aliphatic heterocycles. The van der Waals surface area contributed by atoms with Crippen molar-refractivity contribution in [2.45, 2.75) is 19.8 Å². The van der Waals surface area contributed by atoms with Crippen molar-refractivity contribution in [2.24, 2.45) is 0 Å². The summed E-state index contributed by atoms with van der Waals surface area (Å²) in [7, 11) is 4.80.